The number of halogens is 1. The Labute approximate surface area is 166 Å². The van der Waals surface area contributed by atoms with Gasteiger partial charge < -0.3 is 24.4 Å². The SMILES string of the molecule is COc1cccc(NC(=O)CN(C)C(=O)c2cc(OC)c(Br)c(OC)c2)c1. The van der Waals surface area contributed by atoms with E-state index in [4.69, 9.17) is 14.2 Å². The summed E-state index contributed by atoms with van der Waals surface area (Å²) in [6, 6.07) is 10.2. The van der Waals surface area contributed by atoms with Crippen LogP contribution in [-0.2, 0) is 4.79 Å². The molecule has 1 N–H and O–H groups in total. The average molecular weight is 437 g/mol. The minimum Gasteiger partial charge on any atom is -0.497 e. The Bertz CT molecular complexity index is 816. The zero-order chi connectivity index (χ0) is 20.0. The molecule has 2 rings (SSSR count). The molecule has 8 heteroatoms. The van der Waals surface area contributed by atoms with Gasteiger partial charge in [0.2, 0.25) is 5.91 Å². The number of carbonyl (C=O) groups excluding carboxylic acids is 2. The van der Waals surface area contributed by atoms with Gasteiger partial charge >= 0.3 is 0 Å². The van der Waals surface area contributed by atoms with Gasteiger partial charge in [0, 0.05) is 24.4 Å². The summed E-state index contributed by atoms with van der Waals surface area (Å²) in [5.41, 5.74) is 0.941. The molecule has 0 aliphatic carbocycles. The molecule has 7 nitrogen and oxygen atoms in total. The maximum Gasteiger partial charge on any atom is 0.254 e. The van der Waals surface area contributed by atoms with Crippen LogP contribution in [0.15, 0.2) is 40.9 Å². The van der Waals surface area contributed by atoms with Crippen LogP contribution < -0.4 is 19.5 Å². The normalized spacial score (nSPS) is 10.1. The highest BCUT2D eigenvalue weighted by Crippen LogP contribution is 2.35. The molecule has 0 saturated heterocycles. The fourth-order valence-corrected chi connectivity index (χ4v) is 2.95. The Morgan fingerprint density at radius 3 is 2.22 bits per heavy atom. The first kappa shape index (κ1) is 20.6. The van der Waals surface area contributed by atoms with Crippen LogP contribution in [0, 0.1) is 0 Å². The van der Waals surface area contributed by atoms with Gasteiger partial charge in [0.1, 0.15) is 21.7 Å². The van der Waals surface area contributed by atoms with E-state index in [9.17, 15) is 9.59 Å². The lowest BCUT2D eigenvalue weighted by molar-refractivity contribution is -0.116. The van der Waals surface area contributed by atoms with E-state index in [1.165, 1.54) is 19.1 Å². The average Bonchev–Trinajstić information content (AvgIpc) is 2.67. The highest BCUT2D eigenvalue weighted by atomic mass is 79.9. The van der Waals surface area contributed by atoms with Crippen molar-refractivity contribution in [2.45, 2.75) is 0 Å². The third-order valence-corrected chi connectivity index (χ3v) is 4.56. The smallest absolute Gasteiger partial charge is 0.254 e. The predicted octanol–water partition coefficient (Wildman–Crippen LogP) is 3.19. The fraction of sp³-hybridized carbons (Fsp3) is 0.263. The molecule has 0 spiro atoms. The van der Waals surface area contributed by atoms with E-state index in [0.717, 1.165) is 0 Å². The highest BCUT2D eigenvalue weighted by Gasteiger charge is 2.19. The van der Waals surface area contributed by atoms with Crippen molar-refractivity contribution >= 4 is 33.4 Å². The summed E-state index contributed by atoms with van der Waals surface area (Å²) in [4.78, 5) is 26.3. The topological polar surface area (TPSA) is 77.1 Å². The van der Waals surface area contributed by atoms with Gasteiger partial charge in [0.05, 0.1) is 27.9 Å². The standard InChI is InChI=1S/C19H21BrN2O5/c1-22(11-17(23)21-13-6-5-7-14(10-13)25-2)19(24)12-8-15(26-3)18(20)16(9-12)27-4/h5-10H,11H2,1-4H3,(H,21,23). The largest absolute Gasteiger partial charge is 0.497 e. The zero-order valence-corrected chi connectivity index (χ0v) is 17.1. The second-order valence-electron chi connectivity index (χ2n) is 5.64. The van der Waals surface area contributed by atoms with E-state index >= 15 is 0 Å². The molecule has 144 valence electrons. The molecule has 0 saturated carbocycles. The quantitative estimate of drug-likeness (QED) is 0.720. The molecular formula is C19H21BrN2O5. The summed E-state index contributed by atoms with van der Waals surface area (Å²) >= 11 is 3.36. The van der Waals surface area contributed by atoms with Crippen LogP contribution in [0.3, 0.4) is 0 Å². The third kappa shape index (κ3) is 5.13. The molecule has 0 unspecified atom stereocenters. The molecule has 0 fully saturated rings. The van der Waals surface area contributed by atoms with Crippen molar-refractivity contribution in [1.82, 2.24) is 4.90 Å². The molecule has 0 aromatic heterocycles. The molecule has 2 aromatic carbocycles. The summed E-state index contributed by atoms with van der Waals surface area (Å²) in [6.07, 6.45) is 0. The number of nitrogens with one attached hydrogen (secondary N) is 1. The first-order valence-electron chi connectivity index (χ1n) is 8.00. The van der Waals surface area contributed by atoms with E-state index in [-0.39, 0.29) is 18.4 Å². The van der Waals surface area contributed by atoms with Gasteiger partial charge in [0.25, 0.3) is 5.91 Å². The van der Waals surface area contributed by atoms with Gasteiger partial charge in [-0.1, -0.05) is 6.07 Å². The number of ether oxygens (including phenoxy) is 3. The lowest BCUT2D eigenvalue weighted by Gasteiger charge is -2.18. The van der Waals surface area contributed by atoms with Gasteiger partial charge in [-0.15, -0.1) is 0 Å². The maximum absolute atomic E-state index is 12.7. The number of likely N-dealkylation sites (N-methyl/N-ethyl adjacent to an activating group) is 1. The molecule has 2 amide bonds. The highest BCUT2D eigenvalue weighted by molar-refractivity contribution is 9.10. The van der Waals surface area contributed by atoms with E-state index in [1.807, 2.05) is 0 Å². The van der Waals surface area contributed by atoms with Gasteiger partial charge in [-0.3, -0.25) is 9.59 Å². The molecule has 0 atom stereocenters. The second kappa shape index (κ2) is 9.27. The predicted molar refractivity (Wildman–Crippen MR) is 106 cm³/mol. The van der Waals surface area contributed by atoms with E-state index in [2.05, 4.69) is 21.2 Å². The molecular weight excluding hydrogens is 416 g/mol. The molecule has 0 heterocycles. The molecule has 0 aliphatic rings. The number of nitrogens with zero attached hydrogens (tertiary/aromatic N) is 1. The molecule has 0 aliphatic heterocycles. The number of rotatable bonds is 7. The van der Waals surface area contributed by atoms with Crippen molar-refractivity contribution < 1.29 is 23.8 Å². The number of amides is 2. The van der Waals surface area contributed by atoms with Crippen LogP contribution >= 0.6 is 15.9 Å². The van der Waals surface area contributed by atoms with Gasteiger partial charge in [-0.2, -0.15) is 0 Å². The maximum atomic E-state index is 12.7. The zero-order valence-electron chi connectivity index (χ0n) is 15.5. The van der Waals surface area contributed by atoms with Crippen molar-refractivity contribution in [1.29, 1.82) is 0 Å². The van der Waals surface area contributed by atoms with Crippen LogP contribution in [0.4, 0.5) is 5.69 Å². The van der Waals surface area contributed by atoms with Crippen molar-refractivity contribution in [2.24, 2.45) is 0 Å². The molecule has 0 bridgehead atoms. The summed E-state index contributed by atoms with van der Waals surface area (Å²) < 4.78 is 16.2. The second-order valence-corrected chi connectivity index (χ2v) is 6.43. The van der Waals surface area contributed by atoms with Crippen LogP contribution in [0.5, 0.6) is 17.2 Å². The van der Waals surface area contributed by atoms with E-state index in [1.54, 1.807) is 50.6 Å². The van der Waals surface area contributed by atoms with E-state index in [0.29, 0.717) is 33.0 Å². The fourth-order valence-electron chi connectivity index (χ4n) is 2.40. The van der Waals surface area contributed by atoms with Crippen molar-refractivity contribution in [3.05, 3.63) is 46.4 Å². The lowest BCUT2D eigenvalue weighted by Crippen LogP contribution is -2.35. The first-order valence-corrected chi connectivity index (χ1v) is 8.79. The Balaban J connectivity index is 2.09. The Hall–Kier alpha value is -2.74. The molecule has 27 heavy (non-hydrogen) atoms. The van der Waals surface area contributed by atoms with Crippen LogP contribution in [0.25, 0.3) is 0 Å². The summed E-state index contributed by atoms with van der Waals surface area (Å²) in [5.74, 6) is 0.903. The van der Waals surface area contributed by atoms with E-state index < -0.39 is 0 Å². The summed E-state index contributed by atoms with van der Waals surface area (Å²) in [7, 11) is 6.10. The monoisotopic (exact) mass is 436 g/mol. The molecule has 0 radical (unpaired) electrons. The van der Waals surface area contributed by atoms with Crippen LogP contribution in [0.1, 0.15) is 10.4 Å². The van der Waals surface area contributed by atoms with Crippen molar-refractivity contribution in [3.8, 4) is 17.2 Å². The van der Waals surface area contributed by atoms with Gasteiger partial charge in [-0.05, 0) is 40.2 Å². The van der Waals surface area contributed by atoms with Gasteiger partial charge in [0.15, 0.2) is 0 Å². The number of carbonyl (C=O) groups is 2. The Morgan fingerprint density at radius 1 is 1.04 bits per heavy atom. The third-order valence-electron chi connectivity index (χ3n) is 3.77. The minimum absolute atomic E-state index is 0.114. The van der Waals surface area contributed by atoms with Gasteiger partial charge in [-0.25, -0.2) is 0 Å². The summed E-state index contributed by atoms with van der Waals surface area (Å²) in [6.45, 7) is -0.114. The Morgan fingerprint density at radius 2 is 1.67 bits per heavy atom. The summed E-state index contributed by atoms with van der Waals surface area (Å²) in [5, 5.41) is 2.74. The number of hydrogen-bond donors (Lipinski definition) is 1. The lowest BCUT2D eigenvalue weighted by atomic mass is 10.1. The first-order chi connectivity index (χ1) is 12.9. The van der Waals surface area contributed by atoms with Crippen molar-refractivity contribution in [2.75, 3.05) is 40.2 Å². The van der Waals surface area contributed by atoms with Crippen molar-refractivity contribution in [3.63, 3.8) is 0 Å². The number of methoxy groups -OCH3 is 3. The van der Waals surface area contributed by atoms with Crippen LogP contribution in [0.2, 0.25) is 0 Å². The number of hydrogen-bond acceptors (Lipinski definition) is 5. The molecule has 2 aromatic rings. The number of anilines is 1. The Kier molecular flexibility index (Phi) is 7.06. The minimum atomic E-state index is -0.333. The van der Waals surface area contributed by atoms with Crippen LogP contribution in [-0.4, -0.2) is 51.6 Å². The number of benzene rings is 2.